The first-order chi connectivity index (χ1) is 11.6. The second-order valence-electron chi connectivity index (χ2n) is 5.66. The zero-order valence-electron chi connectivity index (χ0n) is 13.5. The summed E-state index contributed by atoms with van der Waals surface area (Å²) in [6.45, 7) is 3.02. The zero-order chi connectivity index (χ0) is 16.9. The Kier molecular flexibility index (Phi) is 5.10. The van der Waals surface area contributed by atoms with Crippen LogP contribution in [0.2, 0.25) is 0 Å². The Morgan fingerprint density at radius 2 is 2.12 bits per heavy atom. The van der Waals surface area contributed by atoms with Crippen molar-refractivity contribution in [2.45, 2.75) is 26.3 Å². The number of amides is 3. The van der Waals surface area contributed by atoms with Gasteiger partial charge in [0.15, 0.2) is 0 Å². The van der Waals surface area contributed by atoms with Gasteiger partial charge in [-0.25, -0.2) is 9.78 Å². The maximum atomic E-state index is 12.4. The maximum Gasteiger partial charge on any atom is 0.315 e. The number of nitrogens with zero attached hydrogens (tertiary/aromatic N) is 2. The number of carbonyl (C=O) groups excluding carboxylic acids is 2. The van der Waals surface area contributed by atoms with Crippen LogP contribution in [-0.2, 0) is 17.8 Å². The highest BCUT2D eigenvalue weighted by atomic mass is 32.1. The Labute approximate surface area is 144 Å². The van der Waals surface area contributed by atoms with Gasteiger partial charge in [-0.05, 0) is 31.4 Å². The van der Waals surface area contributed by atoms with Crippen LogP contribution in [0.4, 0.5) is 10.5 Å². The molecule has 6 nitrogen and oxygen atoms in total. The molecule has 2 N–H and O–H groups in total. The number of anilines is 1. The number of aryl methyl sites for hydroxylation is 2. The van der Waals surface area contributed by atoms with Gasteiger partial charge in [-0.2, -0.15) is 0 Å². The van der Waals surface area contributed by atoms with Gasteiger partial charge in [0, 0.05) is 23.3 Å². The smallest absolute Gasteiger partial charge is 0.315 e. The van der Waals surface area contributed by atoms with Crippen molar-refractivity contribution in [2.75, 3.05) is 18.0 Å². The third kappa shape index (κ3) is 3.91. The fraction of sp³-hybridized carbons (Fsp3) is 0.353. The van der Waals surface area contributed by atoms with Crippen molar-refractivity contribution in [3.63, 3.8) is 0 Å². The third-order valence-corrected chi connectivity index (χ3v) is 4.82. The molecule has 0 saturated heterocycles. The van der Waals surface area contributed by atoms with Crippen molar-refractivity contribution in [2.24, 2.45) is 0 Å². The minimum Gasteiger partial charge on any atom is -0.333 e. The van der Waals surface area contributed by atoms with Gasteiger partial charge < -0.3 is 15.5 Å². The maximum absolute atomic E-state index is 12.4. The molecule has 0 atom stereocenters. The largest absolute Gasteiger partial charge is 0.333 e. The van der Waals surface area contributed by atoms with E-state index in [1.54, 1.807) is 22.4 Å². The van der Waals surface area contributed by atoms with E-state index in [4.69, 9.17) is 0 Å². The molecule has 0 fully saturated rings. The molecule has 1 aromatic carbocycles. The summed E-state index contributed by atoms with van der Waals surface area (Å²) in [5, 5.41) is 6.33. The summed E-state index contributed by atoms with van der Waals surface area (Å²) in [6.07, 6.45) is 3.68. The topological polar surface area (TPSA) is 74.3 Å². The molecule has 0 unspecified atom stereocenters. The summed E-state index contributed by atoms with van der Waals surface area (Å²) < 4.78 is 0. The van der Waals surface area contributed by atoms with Crippen LogP contribution in [0, 0.1) is 6.92 Å². The van der Waals surface area contributed by atoms with E-state index in [-0.39, 0.29) is 18.5 Å². The van der Waals surface area contributed by atoms with Crippen LogP contribution in [0.15, 0.2) is 30.5 Å². The van der Waals surface area contributed by atoms with Gasteiger partial charge in [-0.1, -0.05) is 18.2 Å². The minimum absolute atomic E-state index is 0.0120. The van der Waals surface area contributed by atoms with E-state index in [0.29, 0.717) is 13.1 Å². The van der Waals surface area contributed by atoms with Crippen LogP contribution in [0.5, 0.6) is 0 Å². The van der Waals surface area contributed by atoms with Crippen molar-refractivity contribution in [1.82, 2.24) is 15.6 Å². The molecule has 2 aromatic rings. The molecule has 24 heavy (non-hydrogen) atoms. The van der Waals surface area contributed by atoms with E-state index in [9.17, 15) is 9.59 Å². The highest BCUT2D eigenvalue weighted by Gasteiger charge is 2.22. The van der Waals surface area contributed by atoms with Crippen LogP contribution >= 0.6 is 11.3 Å². The molecular formula is C17H20N4O2S. The lowest BCUT2D eigenvalue weighted by Gasteiger charge is -2.29. The Morgan fingerprint density at radius 3 is 2.92 bits per heavy atom. The normalized spacial score (nSPS) is 13.3. The number of benzene rings is 1. The van der Waals surface area contributed by atoms with Gasteiger partial charge in [-0.15, -0.1) is 11.3 Å². The Hall–Kier alpha value is -2.41. The van der Waals surface area contributed by atoms with Gasteiger partial charge in [0.25, 0.3) is 0 Å². The summed E-state index contributed by atoms with van der Waals surface area (Å²) in [5.41, 5.74) is 2.14. The van der Waals surface area contributed by atoms with Crippen LogP contribution in [0.1, 0.15) is 21.9 Å². The average Bonchev–Trinajstić information content (AvgIpc) is 3.02. The second-order valence-corrected chi connectivity index (χ2v) is 6.98. The summed E-state index contributed by atoms with van der Waals surface area (Å²) in [6, 6.07) is 7.57. The molecular weight excluding hydrogens is 324 g/mol. The van der Waals surface area contributed by atoms with Gasteiger partial charge in [-0.3, -0.25) is 4.79 Å². The fourth-order valence-corrected chi connectivity index (χ4v) is 3.50. The number of hydrogen-bond donors (Lipinski definition) is 2. The highest BCUT2D eigenvalue weighted by Crippen LogP contribution is 2.26. The lowest BCUT2D eigenvalue weighted by Crippen LogP contribution is -2.45. The van der Waals surface area contributed by atoms with Crippen molar-refractivity contribution < 1.29 is 9.59 Å². The minimum atomic E-state index is -0.348. The fourth-order valence-electron chi connectivity index (χ4n) is 2.76. The van der Waals surface area contributed by atoms with Crippen molar-refractivity contribution >= 4 is 29.0 Å². The molecule has 3 rings (SSSR count). The summed E-state index contributed by atoms with van der Waals surface area (Å²) in [4.78, 5) is 31.1. The third-order valence-electron chi connectivity index (χ3n) is 3.90. The van der Waals surface area contributed by atoms with Crippen LogP contribution in [0.25, 0.3) is 0 Å². The molecule has 0 saturated carbocycles. The second kappa shape index (κ2) is 7.44. The number of carbonyl (C=O) groups is 2. The Balaban J connectivity index is 1.50. The first kappa shape index (κ1) is 16.4. The predicted molar refractivity (Wildman–Crippen MR) is 94.2 cm³/mol. The molecule has 7 heteroatoms. The average molecular weight is 344 g/mol. The predicted octanol–water partition coefficient (Wildman–Crippen LogP) is 2.23. The lowest BCUT2D eigenvalue weighted by atomic mass is 10.0. The number of nitrogens with one attached hydrogen (secondary N) is 2. The molecule has 2 heterocycles. The quantitative estimate of drug-likeness (QED) is 0.893. The van der Waals surface area contributed by atoms with Crippen molar-refractivity contribution in [3.05, 3.63) is 45.9 Å². The van der Waals surface area contributed by atoms with Gasteiger partial charge in [0.1, 0.15) is 0 Å². The first-order valence-corrected chi connectivity index (χ1v) is 8.76. The Bertz CT molecular complexity index is 744. The van der Waals surface area contributed by atoms with Crippen LogP contribution in [-0.4, -0.2) is 30.0 Å². The number of fused-ring (bicyclic) bond motifs is 1. The monoisotopic (exact) mass is 344 g/mol. The molecule has 0 spiro atoms. The molecule has 0 aliphatic carbocycles. The molecule has 3 amide bonds. The standard InChI is InChI=1S/C17H20N4O2S/c1-12-18-9-14(24-12)10-19-17(23)20-11-16(22)21-8-4-6-13-5-2-3-7-15(13)21/h2-3,5,7,9H,4,6,8,10-11H2,1H3,(H2,19,20,23). The zero-order valence-corrected chi connectivity index (χ0v) is 14.4. The van der Waals surface area contributed by atoms with Gasteiger partial charge in [0.05, 0.1) is 18.1 Å². The summed E-state index contributed by atoms with van der Waals surface area (Å²) in [7, 11) is 0. The number of aromatic nitrogens is 1. The summed E-state index contributed by atoms with van der Waals surface area (Å²) >= 11 is 1.54. The summed E-state index contributed by atoms with van der Waals surface area (Å²) in [5.74, 6) is -0.0917. The van der Waals surface area contributed by atoms with E-state index < -0.39 is 0 Å². The van der Waals surface area contributed by atoms with E-state index >= 15 is 0 Å². The van der Waals surface area contributed by atoms with Gasteiger partial charge >= 0.3 is 6.03 Å². The van der Waals surface area contributed by atoms with Crippen LogP contribution < -0.4 is 15.5 Å². The number of para-hydroxylation sites is 1. The number of hydrogen-bond acceptors (Lipinski definition) is 4. The van der Waals surface area contributed by atoms with Crippen molar-refractivity contribution in [1.29, 1.82) is 0 Å². The molecule has 1 aliphatic rings. The number of urea groups is 1. The SMILES string of the molecule is Cc1ncc(CNC(=O)NCC(=O)N2CCCc3ccccc32)s1. The molecule has 0 radical (unpaired) electrons. The lowest BCUT2D eigenvalue weighted by molar-refractivity contribution is -0.117. The first-order valence-electron chi connectivity index (χ1n) is 7.95. The molecule has 1 aromatic heterocycles. The van der Waals surface area contributed by atoms with Crippen molar-refractivity contribution in [3.8, 4) is 0 Å². The molecule has 126 valence electrons. The van der Waals surface area contributed by atoms with E-state index in [0.717, 1.165) is 28.4 Å². The molecule has 1 aliphatic heterocycles. The molecule has 0 bridgehead atoms. The number of thiazole rings is 1. The number of rotatable bonds is 4. The highest BCUT2D eigenvalue weighted by molar-refractivity contribution is 7.11. The van der Waals surface area contributed by atoms with Gasteiger partial charge in [0.2, 0.25) is 5.91 Å². The van der Waals surface area contributed by atoms with E-state index in [2.05, 4.69) is 15.6 Å². The van der Waals surface area contributed by atoms with E-state index in [1.165, 1.54) is 5.56 Å². The van der Waals surface area contributed by atoms with Crippen LogP contribution in [0.3, 0.4) is 0 Å². The van der Waals surface area contributed by atoms with E-state index in [1.807, 2.05) is 31.2 Å². The Morgan fingerprint density at radius 1 is 1.29 bits per heavy atom.